The van der Waals surface area contributed by atoms with Crippen LogP contribution in [0.15, 0.2) is 35.1 Å². The van der Waals surface area contributed by atoms with Crippen LogP contribution in [0.3, 0.4) is 0 Å². The van der Waals surface area contributed by atoms with Crippen molar-refractivity contribution in [3.05, 3.63) is 40.7 Å². The fraction of sp³-hybridized carbons (Fsp3) is 0.400. The topological polar surface area (TPSA) is 25.2 Å². The Bertz CT molecular complexity index is 624. The van der Waals surface area contributed by atoms with Gasteiger partial charge in [-0.2, -0.15) is 0 Å². The first-order valence-electron chi connectivity index (χ1n) is 6.61. The SMILES string of the molecule is Cn1c(N2CCCCC2)cc2ccccc2c1=O. The molecule has 2 aromatic rings. The summed E-state index contributed by atoms with van der Waals surface area (Å²) >= 11 is 0. The van der Waals surface area contributed by atoms with Crippen molar-refractivity contribution in [1.29, 1.82) is 0 Å². The normalized spacial score (nSPS) is 16.2. The van der Waals surface area contributed by atoms with Crippen molar-refractivity contribution >= 4 is 16.6 Å². The number of fused-ring (bicyclic) bond motifs is 1. The van der Waals surface area contributed by atoms with E-state index in [1.165, 1.54) is 19.3 Å². The zero-order valence-corrected chi connectivity index (χ0v) is 10.7. The molecule has 3 nitrogen and oxygen atoms in total. The van der Waals surface area contributed by atoms with E-state index in [2.05, 4.69) is 11.0 Å². The lowest BCUT2D eigenvalue weighted by molar-refractivity contribution is 0.565. The molecule has 0 saturated carbocycles. The highest BCUT2D eigenvalue weighted by molar-refractivity contribution is 5.84. The summed E-state index contributed by atoms with van der Waals surface area (Å²) in [6, 6.07) is 9.97. The van der Waals surface area contributed by atoms with Crippen LogP contribution >= 0.6 is 0 Å². The number of nitrogens with zero attached hydrogens (tertiary/aromatic N) is 2. The molecule has 0 unspecified atom stereocenters. The monoisotopic (exact) mass is 242 g/mol. The average Bonchev–Trinajstić information content (AvgIpc) is 2.44. The van der Waals surface area contributed by atoms with Gasteiger partial charge in [0.05, 0.1) is 0 Å². The molecule has 0 amide bonds. The predicted molar refractivity (Wildman–Crippen MR) is 75.3 cm³/mol. The first-order chi connectivity index (χ1) is 8.77. The van der Waals surface area contributed by atoms with Crippen LogP contribution in [0.1, 0.15) is 19.3 Å². The van der Waals surface area contributed by atoms with Crippen molar-refractivity contribution in [2.24, 2.45) is 7.05 Å². The van der Waals surface area contributed by atoms with Crippen LogP contribution in [0.2, 0.25) is 0 Å². The van der Waals surface area contributed by atoms with E-state index >= 15 is 0 Å². The first-order valence-corrected chi connectivity index (χ1v) is 6.61. The number of benzene rings is 1. The van der Waals surface area contributed by atoms with Crippen molar-refractivity contribution in [2.75, 3.05) is 18.0 Å². The van der Waals surface area contributed by atoms with Gasteiger partial charge in [0.25, 0.3) is 5.56 Å². The third-order valence-electron chi connectivity index (χ3n) is 3.80. The second-order valence-electron chi connectivity index (χ2n) is 5.00. The summed E-state index contributed by atoms with van der Waals surface area (Å²) in [5, 5.41) is 1.85. The van der Waals surface area contributed by atoms with Crippen molar-refractivity contribution in [2.45, 2.75) is 19.3 Å². The maximum Gasteiger partial charge on any atom is 0.259 e. The van der Waals surface area contributed by atoms with Gasteiger partial charge in [-0.05, 0) is 36.8 Å². The number of piperidine rings is 1. The Kier molecular flexibility index (Phi) is 2.82. The Morgan fingerprint density at radius 2 is 1.78 bits per heavy atom. The standard InChI is InChI=1S/C15H18N2O/c1-16-14(17-9-5-2-6-10-17)11-12-7-3-4-8-13(12)15(16)18/h3-4,7-8,11H,2,5-6,9-10H2,1H3. The molecule has 2 heterocycles. The minimum atomic E-state index is 0.105. The van der Waals surface area contributed by atoms with Crippen LogP contribution in [-0.2, 0) is 7.05 Å². The van der Waals surface area contributed by atoms with E-state index in [9.17, 15) is 4.79 Å². The number of rotatable bonds is 1. The molecule has 0 N–H and O–H groups in total. The fourth-order valence-corrected chi connectivity index (χ4v) is 2.76. The number of hydrogen-bond acceptors (Lipinski definition) is 2. The smallest absolute Gasteiger partial charge is 0.259 e. The highest BCUT2D eigenvalue weighted by Gasteiger charge is 2.15. The molecule has 1 fully saturated rings. The lowest BCUT2D eigenvalue weighted by Crippen LogP contribution is -2.34. The molecule has 1 aliphatic heterocycles. The molecule has 3 heteroatoms. The van der Waals surface area contributed by atoms with Crippen molar-refractivity contribution in [1.82, 2.24) is 4.57 Å². The lowest BCUT2D eigenvalue weighted by atomic mass is 10.1. The van der Waals surface area contributed by atoms with Crippen LogP contribution in [0.25, 0.3) is 10.8 Å². The summed E-state index contributed by atoms with van der Waals surface area (Å²) in [7, 11) is 1.87. The van der Waals surface area contributed by atoms with Gasteiger partial charge >= 0.3 is 0 Å². The summed E-state index contributed by atoms with van der Waals surface area (Å²) in [6.45, 7) is 2.12. The van der Waals surface area contributed by atoms with Crippen molar-refractivity contribution in [3.63, 3.8) is 0 Å². The van der Waals surface area contributed by atoms with Crippen LogP contribution in [0.5, 0.6) is 0 Å². The molecule has 1 saturated heterocycles. The van der Waals surface area contributed by atoms with Gasteiger partial charge in [-0.15, -0.1) is 0 Å². The van der Waals surface area contributed by atoms with Gasteiger partial charge in [-0.1, -0.05) is 18.2 Å². The largest absolute Gasteiger partial charge is 0.358 e. The van der Waals surface area contributed by atoms with Crippen LogP contribution in [0.4, 0.5) is 5.82 Å². The van der Waals surface area contributed by atoms with Crippen LogP contribution in [0, 0.1) is 0 Å². The van der Waals surface area contributed by atoms with Crippen LogP contribution in [-0.4, -0.2) is 17.7 Å². The number of anilines is 1. The average molecular weight is 242 g/mol. The number of hydrogen-bond donors (Lipinski definition) is 0. The molecule has 3 rings (SSSR count). The van der Waals surface area contributed by atoms with E-state index < -0.39 is 0 Å². The van der Waals surface area contributed by atoms with Gasteiger partial charge in [-0.3, -0.25) is 9.36 Å². The molecule has 0 radical (unpaired) electrons. The van der Waals surface area contributed by atoms with Crippen molar-refractivity contribution < 1.29 is 0 Å². The minimum Gasteiger partial charge on any atom is -0.358 e. The molecule has 0 bridgehead atoms. The summed E-state index contributed by atoms with van der Waals surface area (Å²) < 4.78 is 1.79. The second kappa shape index (κ2) is 4.48. The van der Waals surface area contributed by atoms with Gasteiger partial charge in [0, 0.05) is 25.5 Å². The molecule has 0 atom stereocenters. The highest BCUT2D eigenvalue weighted by Crippen LogP contribution is 2.21. The molecule has 0 spiro atoms. The summed E-state index contributed by atoms with van der Waals surface area (Å²) in [5.41, 5.74) is 0.105. The molecule has 94 valence electrons. The maximum absolute atomic E-state index is 12.3. The van der Waals surface area contributed by atoms with Gasteiger partial charge < -0.3 is 4.90 Å². The van der Waals surface area contributed by atoms with E-state index in [0.717, 1.165) is 29.7 Å². The summed E-state index contributed by atoms with van der Waals surface area (Å²) in [4.78, 5) is 14.7. The molecule has 18 heavy (non-hydrogen) atoms. The van der Waals surface area contributed by atoms with Gasteiger partial charge in [-0.25, -0.2) is 0 Å². The number of pyridine rings is 1. The molecule has 1 aromatic carbocycles. The lowest BCUT2D eigenvalue weighted by Gasteiger charge is -2.30. The third-order valence-corrected chi connectivity index (χ3v) is 3.80. The summed E-state index contributed by atoms with van der Waals surface area (Å²) in [5.74, 6) is 1.05. The second-order valence-corrected chi connectivity index (χ2v) is 5.00. The third kappa shape index (κ3) is 1.80. The fourth-order valence-electron chi connectivity index (χ4n) is 2.76. The Labute approximate surface area is 107 Å². The number of aromatic nitrogens is 1. The Morgan fingerprint density at radius 3 is 2.56 bits per heavy atom. The van der Waals surface area contributed by atoms with Gasteiger partial charge in [0.1, 0.15) is 5.82 Å². The molecule has 1 aliphatic rings. The molecule has 0 aliphatic carbocycles. The van der Waals surface area contributed by atoms with Crippen LogP contribution < -0.4 is 10.5 Å². The molecule has 1 aromatic heterocycles. The quantitative estimate of drug-likeness (QED) is 0.767. The Morgan fingerprint density at radius 1 is 1.06 bits per heavy atom. The van der Waals surface area contributed by atoms with E-state index in [1.54, 1.807) is 4.57 Å². The first kappa shape index (κ1) is 11.3. The van der Waals surface area contributed by atoms with E-state index in [4.69, 9.17) is 0 Å². The van der Waals surface area contributed by atoms with E-state index in [0.29, 0.717) is 0 Å². The Balaban J connectivity index is 2.17. The summed E-state index contributed by atoms with van der Waals surface area (Å²) in [6.07, 6.45) is 3.75. The zero-order valence-electron chi connectivity index (χ0n) is 10.7. The van der Waals surface area contributed by atoms with Crippen molar-refractivity contribution in [3.8, 4) is 0 Å². The minimum absolute atomic E-state index is 0.105. The van der Waals surface area contributed by atoms with Gasteiger partial charge in [0.15, 0.2) is 0 Å². The zero-order chi connectivity index (χ0) is 12.5. The van der Waals surface area contributed by atoms with E-state index in [1.807, 2.05) is 31.3 Å². The van der Waals surface area contributed by atoms with Gasteiger partial charge in [0.2, 0.25) is 0 Å². The predicted octanol–water partition coefficient (Wildman–Crippen LogP) is 2.53. The maximum atomic E-state index is 12.3. The van der Waals surface area contributed by atoms with E-state index in [-0.39, 0.29) is 5.56 Å². The molecular formula is C15H18N2O. The highest BCUT2D eigenvalue weighted by atomic mass is 16.1. The Hall–Kier alpha value is -1.77. The molecular weight excluding hydrogens is 224 g/mol.